The molecule has 2 atom stereocenters. The van der Waals surface area contributed by atoms with Crippen molar-refractivity contribution in [3.8, 4) is 5.75 Å². The third-order valence-electron chi connectivity index (χ3n) is 7.76. The van der Waals surface area contributed by atoms with Crippen LogP contribution >= 0.6 is 0 Å². The van der Waals surface area contributed by atoms with Gasteiger partial charge in [-0.05, 0) is 70.4 Å². The number of ether oxygens (including phenoxy) is 2. The molecule has 2 aromatic rings. The normalized spacial score (nSPS) is 18.8. The minimum atomic E-state index is -3.92. The van der Waals surface area contributed by atoms with E-state index in [1.807, 2.05) is 6.92 Å². The van der Waals surface area contributed by atoms with Gasteiger partial charge in [-0.1, -0.05) is 29.8 Å². The predicted molar refractivity (Wildman–Crippen MR) is 167 cm³/mol. The summed E-state index contributed by atoms with van der Waals surface area (Å²) >= 11 is 0. The van der Waals surface area contributed by atoms with Gasteiger partial charge in [-0.2, -0.15) is 4.31 Å². The number of carbonyl (C=O) groups is 3. The van der Waals surface area contributed by atoms with Crippen LogP contribution in [0.25, 0.3) is 0 Å². The molecule has 2 aromatic carbocycles. The number of benzene rings is 2. The van der Waals surface area contributed by atoms with Crippen LogP contribution in [0.1, 0.15) is 44.7 Å². The van der Waals surface area contributed by atoms with Crippen molar-refractivity contribution in [2.75, 3.05) is 45.9 Å². The molecule has 246 valence electrons. The van der Waals surface area contributed by atoms with Gasteiger partial charge in [-0.3, -0.25) is 9.69 Å². The summed E-state index contributed by atoms with van der Waals surface area (Å²) in [6.07, 6.45) is 0.457. The minimum absolute atomic E-state index is 0.0736. The van der Waals surface area contributed by atoms with Crippen molar-refractivity contribution in [3.05, 3.63) is 59.7 Å². The molecule has 2 fully saturated rings. The van der Waals surface area contributed by atoms with Crippen LogP contribution in [0.2, 0.25) is 0 Å². The SMILES string of the molecule is Cc1ccc(S(=O)(=O)N2CCC[C@H]2C(=O)N[C@@H](Cc2ccc(OC(=O)N3CCN(CCO)CC3)cc2)C(=O)OC(C)(C)C)cc1. The first-order valence-electron chi connectivity index (χ1n) is 15.3. The number of aliphatic hydroxyl groups excluding tert-OH is 1. The van der Waals surface area contributed by atoms with Gasteiger partial charge in [-0.25, -0.2) is 18.0 Å². The number of nitrogens with zero attached hydrogens (tertiary/aromatic N) is 3. The molecule has 4 rings (SSSR count). The maximum Gasteiger partial charge on any atom is 0.415 e. The Morgan fingerprint density at radius 1 is 0.978 bits per heavy atom. The van der Waals surface area contributed by atoms with Gasteiger partial charge in [0.15, 0.2) is 0 Å². The fourth-order valence-electron chi connectivity index (χ4n) is 5.36. The molecule has 0 spiro atoms. The summed E-state index contributed by atoms with van der Waals surface area (Å²) in [6.45, 7) is 10.2. The Morgan fingerprint density at radius 2 is 1.62 bits per heavy atom. The van der Waals surface area contributed by atoms with Crippen molar-refractivity contribution in [2.45, 2.75) is 69.5 Å². The average molecular weight is 645 g/mol. The zero-order valence-electron chi connectivity index (χ0n) is 26.4. The van der Waals surface area contributed by atoms with E-state index >= 15 is 0 Å². The molecule has 0 unspecified atom stereocenters. The van der Waals surface area contributed by atoms with Crippen molar-refractivity contribution >= 4 is 28.0 Å². The second-order valence-electron chi connectivity index (χ2n) is 12.4. The molecule has 2 heterocycles. The first-order valence-corrected chi connectivity index (χ1v) is 16.7. The number of aryl methyl sites for hydroxylation is 1. The molecule has 0 aliphatic carbocycles. The molecule has 13 heteroatoms. The Labute approximate surface area is 265 Å². The summed E-state index contributed by atoms with van der Waals surface area (Å²) in [5.74, 6) is -0.872. The molecule has 0 saturated carbocycles. The summed E-state index contributed by atoms with van der Waals surface area (Å²) in [5, 5.41) is 11.9. The Bertz CT molecular complexity index is 1430. The van der Waals surface area contributed by atoms with Crippen molar-refractivity contribution in [1.29, 1.82) is 0 Å². The predicted octanol–water partition coefficient (Wildman–Crippen LogP) is 2.33. The van der Waals surface area contributed by atoms with E-state index in [4.69, 9.17) is 14.6 Å². The number of aliphatic hydroxyl groups is 1. The quantitative estimate of drug-likeness (QED) is 0.372. The summed E-state index contributed by atoms with van der Waals surface area (Å²) < 4.78 is 39.2. The lowest BCUT2D eigenvalue weighted by molar-refractivity contribution is -0.158. The zero-order chi connectivity index (χ0) is 32.8. The van der Waals surface area contributed by atoms with E-state index in [0.29, 0.717) is 56.9 Å². The van der Waals surface area contributed by atoms with Crippen LogP contribution in [0.15, 0.2) is 53.4 Å². The molecule has 2 aliphatic heterocycles. The van der Waals surface area contributed by atoms with E-state index < -0.39 is 45.7 Å². The molecule has 0 aromatic heterocycles. The van der Waals surface area contributed by atoms with Gasteiger partial charge < -0.3 is 24.8 Å². The number of sulfonamides is 1. The van der Waals surface area contributed by atoms with Crippen molar-refractivity contribution in [1.82, 2.24) is 19.4 Å². The van der Waals surface area contributed by atoms with Gasteiger partial charge in [0.05, 0.1) is 11.5 Å². The fraction of sp³-hybridized carbons (Fsp3) is 0.531. The molecule has 45 heavy (non-hydrogen) atoms. The van der Waals surface area contributed by atoms with E-state index in [1.165, 1.54) is 16.4 Å². The number of esters is 1. The smallest absolute Gasteiger partial charge is 0.415 e. The first-order chi connectivity index (χ1) is 21.3. The lowest BCUT2D eigenvalue weighted by Crippen LogP contribution is -2.52. The molecule has 2 N–H and O–H groups in total. The van der Waals surface area contributed by atoms with Crippen molar-refractivity contribution in [3.63, 3.8) is 0 Å². The highest BCUT2D eigenvalue weighted by Crippen LogP contribution is 2.27. The van der Waals surface area contributed by atoms with Gasteiger partial charge in [0, 0.05) is 45.7 Å². The first kappa shape index (κ1) is 34.4. The number of nitrogens with one attached hydrogen (secondary N) is 1. The van der Waals surface area contributed by atoms with Gasteiger partial charge >= 0.3 is 12.1 Å². The third-order valence-corrected chi connectivity index (χ3v) is 9.68. The van der Waals surface area contributed by atoms with Gasteiger partial charge in [-0.15, -0.1) is 0 Å². The highest BCUT2D eigenvalue weighted by molar-refractivity contribution is 7.89. The minimum Gasteiger partial charge on any atom is -0.458 e. The molecule has 0 radical (unpaired) electrons. The Hall–Kier alpha value is -3.52. The number of hydrogen-bond donors (Lipinski definition) is 2. The largest absolute Gasteiger partial charge is 0.458 e. The summed E-state index contributed by atoms with van der Waals surface area (Å²) in [7, 11) is -3.92. The van der Waals surface area contributed by atoms with E-state index in [2.05, 4.69) is 10.2 Å². The van der Waals surface area contributed by atoms with Gasteiger partial charge in [0.25, 0.3) is 0 Å². The maximum atomic E-state index is 13.5. The fourth-order valence-corrected chi connectivity index (χ4v) is 7.02. The number of β-amino-alcohol motifs (C(OH)–C–C–N with tert-alkyl or cyclic N) is 1. The third kappa shape index (κ3) is 9.25. The highest BCUT2D eigenvalue weighted by Gasteiger charge is 2.41. The topological polar surface area (TPSA) is 146 Å². The van der Waals surface area contributed by atoms with Gasteiger partial charge in [0.2, 0.25) is 15.9 Å². The zero-order valence-corrected chi connectivity index (χ0v) is 27.2. The molecule has 0 bridgehead atoms. The second kappa shape index (κ2) is 14.7. The maximum absolute atomic E-state index is 13.5. The lowest BCUT2D eigenvalue weighted by atomic mass is 10.0. The number of hydrogen-bond acceptors (Lipinski definition) is 9. The van der Waals surface area contributed by atoms with Gasteiger partial charge in [0.1, 0.15) is 23.4 Å². The van der Waals surface area contributed by atoms with Crippen LogP contribution in [0.3, 0.4) is 0 Å². The van der Waals surface area contributed by atoms with Crippen LogP contribution in [0.4, 0.5) is 4.79 Å². The van der Waals surface area contributed by atoms with E-state index in [1.54, 1.807) is 62.1 Å². The van der Waals surface area contributed by atoms with Crippen LogP contribution in [-0.2, 0) is 30.8 Å². The number of rotatable bonds is 10. The highest BCUT2D eigenvalue weighted by atomic mass is 32.2. The Balaban J connectivity index is 1.43. The monoisotopic (exact) mass is 644 g/mol. The lowest BCUT2D eigenvalue weighted by Gasteiger charge is -2.33. The molecular formula is C32H44N4O8S. The molecule has 2 amide bonds. The molecule has 2 saturated heterocycles. The standard InChI is InChI=1S/C32H44N4O8S/c1-23-7-13-26(14-8-23)45(41,42)36-15-5-6-28(36)29(38)33-27(30(39)44-32(2,3)4)22-24-9-11-25(12-10-24)43-31(40)35-18-16-34(17-19-35)20-21-37/h7-14,27-28,37H,5-6,15-22H2,1-4H3,(H,33,38)/t27-,28-/m0/s1. The van der Waals surface area contributed by atoms with Crippen LogP contribution in [0, 0.1) is 6.92 Å². The van der Waals surface area contributed by atoms with E-state index in [-0.39, 0.29) is 24.5 Å². The molecular weight excluding hydrogens is 600 g/mol. The van der Waals surface area contributed by atoms with Crippen molar-refractivity contribution in [2.24, 2.45) is 0 Å². The number of piperazine rings is 1. The van der Waals surface area contributed by atoms with Crippen molar-refractivity contribution < 1.29 is 37.4 Å². The summed E-state index contributed by atoms with van der Waals surface area (Å²) in [6, 6.07) is 11.1. The van der Waals surface area contributed by atoms with Crippen LogP contribution < -0.4 is 10.1 Å². The number of amides is 2. The van der Waals surface area contributed by atoms with Crippen LogP contribution in [-0.4, -0.2) is 109 Å². The number of carbonyl (C=O) groups excluding carboxylic acids is 3. The Morgan fingerprint density at radius 3 is 2.22 bits per heavy atom. The summed E-state index contributed by atoms with van der Waals surface area (Å²) in [4.78, 5) is 43.2. The van der Waals surface area contributed by atoms with Crippen LogP contribution in [0.5, 0.6) is 5.75 Å². The van der Waals surface area contributed by atoms with E-state index in [0.717, 1.165) is 5.56 Å². The Kier molecular flexibility index (Phi) is 11.2. The summed E-state index contributed by atoms with van der Waals surface area (Å²) in [5.41, 5.74) is 0.791. The average Bonchev–Trinajstić information content (AvgIpc) is 3.49. The second-order valence-corrected chi connectivity index (χ2v) is 14.3. The van der Waals surface area contributed by atoms with E-state index in [9.17, 15) is 22.8 Å². The molecule has 12 nitrogen and oxygen atoms in total. The molecule has 2 aliphatic rings.